The Morgan fingerprint density at radius 2 is 1.29 bits per heavy atom. The lowest BCUT2D eigenvalue weighted by Gasteiger charge is -2.37. The van der Waals surface area contributed by atoms with E-state index in [4.69, 9.17) is 28.4 Å². The number of epoxide rings is 1. The van der Waals surface area contributed by atoms with Gasteiger partial charge in [-0.25, -0.2) is 4.79 Å². The number of rotatable bonds is 20. The summed E-state index contributed by atoms with van der Waals surface area (Å²) in [5.74, 6) is 0.774. The molecule has 1 aliphatic carbocycles. The fourth-order valence-electron chi connectivity index (χ4n) is 6.01. The molecule has 0 radical (unpaired) electrons. The zero-order valence-electron chi connectivity index (χ0n) is 26.8. The second-order valence-electron chi connectivity index (χ2n) is 13.3. The number of esters is 2. The molecule has 2 heterocycles. The minimum Gasteiger partial charge on any atom is -0.494 e. The van der Waals surface area contributed by atoms with E-state index in [0.717, 1.165) is 64.3 Å². The Balaban J connectivity index is 0.852. The predicted octanol–water partition coefficient (Wildman–Crippen LogP) is 7.71. The van der Waals surface area contributed by atoms with E-state index in [-0.39, 0.29) is 23.4 Å². The number of unbranched alkanes of at least 4 members (excludes halogenated alkanes) is 9. The molecule has 5 rings (SSSR count). The topological polar surface area (TPSA) is 92.8 Å². The molecule has 0 N–H and O–H groups in total. The van der Waals surface area contributed by atoms with Crippen LogP contribution in [-0.2, 0) is 19.0 Å². The molecule has 2 aromatic rings. The number of benzene rings is 2. The molecule has 0 bridgehead atoms. The van der Waals surface area contributed by atoms with Crippen molar-refractivity contribution in [3.8, 4) is 17.2 Å². The largest absolute Gasteiger partial charge is 0.494 e. The van der Waals surface area contributed by atoms with E-state index in [9.17, 15) is 9.59 Å². The number of ether oxygens (including phenoxy) is 6. The molecule has 8 nitrogen and oxygen atoms in total. The third-order valence-electron chi connectivity index (χ3n) is 8.98. The van der Waals surface area contributed by atoms with Gasteiger partial charge in [0, 0.05) is 12.0 Å². The van der Waals surface area contributed by atoms with Crippen molar-refractivity contribution in [1.29, 1.82) is 0 Å². The fraction of sp³-hybridized carbons (Fsp3) is 0.622. The maximum absolute atomic E-state index is 12.6. The van der Waals surface area contributed by atoms with Crippen molar-refractivity contribution in [2.45, 2.75) is 103 Å². The van der Waals surface area contributed by atoms with E-state index in [1.807, 2.05) is 0 Å². The molecule has 0 amide bonds. The molecule has 45 heavy (non-hydrogen) atoms. The average molecular weight is 623 g/mol. The van der Waals surface area contributed by atoms with Gasteiger partial charge in [0.25, 0.3) is 0 Å². The van der Waals surface area contributed by atoms with Crippen molar-refractivity contribution in [3.63, 3.8) is 0 Å². The monoisotopic (exact) mass is 622 g/mol. The summed E-state index contributed by atoms with van der Waals surface area (Å²) < 4.78 is 33.4. The third kappa shape index (κ3) is 11.1. The Kier molecular flexibility index (Phi) is 12.7. The normalized spacial score (nSPS) is 21.3. The van der Waals surface area contributed by atoms with E-state index in [2.05, 4.69) is 6.92 Å². The molecule has 246 valence electrons. The van der Waals surface area contributed by atoms with Crippen molar-refractivity contribution >= 4 is 11.9 Å². The molecule has 3 atom stereocenters. The van der Waals surface area contributed by atoms with Gasteiger partial charge in [-0.2, -0.15) is 0 Å². The lowest BCUT2D eigenvalue weighted by Crippen LogP contribution is -2.43. The molecule has 3 fully saturated rings. The highest BCUT2D eigenvalue weighted by Gasteiger charge is 2.46. The predicted molar refractivity (Wildman–Crippen MR) is 171 cm³/mol. The molecule has 8 heteroatoms. The molecule has 2 saturated heterocycles. The SMILES string of the molecule is CC1(COCCCCCCCCCCCCOc2ccc(C(=O)Oc3ccc(OC(=O)C4CCC5OC5C4)cc3)cc2)COC1. The van der Waals surface area contributed by atoms with Gasteiger partial charge >= 0.3 is 11.9 Å². The summed E-state index contributed by atoms with van der Waals surface area (Å²) in [7, 11) is 0. The standard InChI is InChI=1S/C37H50O8/c1-37(26-41-27-37)25-40-22-10-8-6-4-2-3-5-7-9-11-23-42-30-15-12-28(13-16-30)35(38)43-31-17-19-32(20-18-31)44-36(39)29-14-21-33-34(24-29)45-33/h12-13,15-20,29,33-34H,2-11,14,21-27H2,1H3. The van der Waals surface area contributed by atoms with Crippen LogP contribution in [0.25, 0.3) is 0 Å². The molecule has 3 aliphatic rings. The molecule has 3 unspecified atom stereocenters. The number of hydrogen-bond acceptors (Lipinski definition) is 8. The lowest BCUT2D eigenvalue weighted by molar-refractivity contribution is -0.139. The highest BCUT2D eigenvalue weighted by atomic mass is 16.6. The van der Waals surface area contributed by atoms with Crippen molar-refractivity contribution in [2.24, 2.45) is 11.3 Å². The minimum atomic E-state index is -0.453. The van der Waals surface area contributed by atoms with Gasteiger partial charge < -0.3 is 28.4 Å². The van der Waals surface area contributed by atoms with Crippen LogP contribution in [0.2, 0.25) is 0 Å². The van der Waals surface area contributed by atoms with E-state index in [1.54, 1.807) is 48.5 Å². The fourth-order valence-corrected chi connectivity index (χ4v) is 6.01. The average Bonchev–Trinajstić information content (AvgIpc) is 3.82. The summed E-state index contributed by atoms with van der Waals surface area (Å²) in [5, 5.41) is 0. The van der Waals surface area contributed by atoms with Gasteiger partial charge in [-0.1, -0.05) is 58.3 Å². The van der Waals surface area contributed by atoms with Crippen LogP contribution in [-0.4, -0.2) is 57.2 Å². The minimum absolute atomic E-state index is 0.119. The van der Waals surface area contributed by atoms with Gasteiger partial charge in [0.1, 0.15) is 17.2 Å². The Bertz CT molecular complexity index is 1190. The highest BCUT2D eigenvalue weighted by Crippen LogP contribution is 2.40. The van der Waals surface area contributed by atoms with E-state index >= 15 is 0 Å². The van der Waals surface area contributed by atoms with Gasteiger partial charge in [-0.3, -0.25) is 4.79 Å². The summed E-state index contributed by atoms with van der Waals surface area (Å²) in [5.41, 5.74) is 0.705. The molecular weight excluding hydrogens is 572 g/mol. The van der Waals surface area contributed by atoms with Crippen molar-refractivity contribution in [3.05, 3.63) is 54.1 Å². The first-order chi connectivity index (χ1) is 22.0. The summed E-state index contributed by atoms with van der Waals surface area (Å²) in [6.45, 7) is 6.29. The van der Waals surface area contributed by atoms with Crippen LogP contribution in [0.1, 0.15) is 101 Å². The van der Waals surface area contributed by atoms with E-state index in [1.165, 1.54) is 51.4 Å². The third-order valence-corrected chi connectivity index (χ3v) is 8.98. The van der Waals surface area contributed by atoms with Crippen LogP contribution < -0.4 is 14.2 Å². The number of fused-ring (bicyclic) bond motifs is 1. The quantitative estimate of drug-likeness (QED) is 0.0642. The van der Waals surface area contributed by atoms with Crippen LogP contribution in [0.3, 0.4) is 0 Å². The Hall–Kier alpha value is -2.94. The van der Waals surface area contributed by atoms with Gasteiger partial charge in [0.2, 0.25) is 0 Å². The molecule has 0 spiro atoms. The smallest absolute Gasteiger partial charge is 0.343 e. The first-order valence-electron chi connectivity index (χ1n) is 17.1. The second-order valence-corrected chi connectivity index (χ2v) is 13.3. The molecule has 0 aromatic heterocycles. The summed E-state index contributed by atoms with van der Waals surface area (Å²) in [4.78, 5) is 25.0. The van der Waals surface area contributed by atoms with Gasteiger partial charge in [0.15, 0.2) is 0 Å². The van der Waals surface area contributed by atoms with E-state index < -0.39 is 5.97 Å². The van der Waals surface area contributed by atoms with Gasteiger partial charge in [-0.05, 0) is 80.6 Å². The van der Waals surface area contributed by atoms with Crippen LogP contribution >= 0.6 is 0 Å². The second kappa shape index (κ2) is 17.1. The van der Waals surface area contributed by atoms with Crippen LogP contribution in [0.15, 0.2) is 48.5 Å². The number of carbonyl (C=O) groups is 2. The first kappa shape index (κ1) is 33.4. The van der Waals surface area contributed by atoms with Gasteiger partial charge in [0.05, 0.1) is 50.1 Å². The summed E-state index contributed by atoms with van der Waals surface area (Å²) in [6, 6.07) is 13.6. The van der Waals surface area contributed by atoms with Crippen LogP contribution in [0.4, 0.5) is 0 Å². The molecule has 2 aromatic carbocycles. The zero-order valence-corrected chi connectivity index (χ0v) is 26.8. The van der Waals surface area contributed by atoms with Crippen molar-refractivity contribution < 1.29 is 38.0 Å². The number of hydrogen-bond donors (Lipinski definition) is 0. The zero-order chi connectivity index (χ0) is 31.3. The van der Waals surface area contributed by atoms with Gasteiger partial charge in [-0.15, -0.1) is 0 Å². The van der Waals surface area contributed by atoms with Crippen LogP contribution in [0.5, 0.6) is 17.2 Å². The Morgan fingerprint density at radius 3 is 1.89 bits per heavy atom. The highest BCUT2D eigenvalue weighted by molar-refractivity contribution is 5.91. The summed E-state index contributed by atoms with van der Waals surface area (Å²) >= 11 is 0. The first-order valence-corrected chi connectivity index (χ1v) is 17.1. The molecule has 1 saturated carbocycles. The van der Waals surface area contributed by atoms with Crippen LogP contribution in [0, 0.1) is 11.3 Å². The van der Waals surface area contributed by atoms with Crippen molar-refractivity contribution in [1.82, 2.24) is 0 Å². The maximum Gasteiger partial charge on any atom is 0.343 e. The number of carbonyl (C=O) groups excluding carboxylic acids is 2. The molecule has 2 aliphatic heterocycles. The molecular formula is C37H50O8. The van der Waals surface area contributed by atoms with E-state index in [0.29, 0.717) is 29.8 Å². The van der Waals surface area contributed by atoms with Crippen molar-refractivity contribution in [2.75, 3.05) is 33.0 Å². The Morgan fingerprint density at radius 1 is 0.711 bits per heavy atom. The lowest BCUT2D eigenvalue weighted by atomic mass is 9.89. The maximum atomic E-state index is 12.6. The summed E-state index contributed by atoms with van der Waals surface area (Å²) in [6.07, 6.45) is 15.4. The Labute approximate surface area is 268 Å².